The van der Waals surface area contributed by atoms with Crippen molar-refractivity contribution in [2.75, 3.05) is 32.7 Å². The van der Waals surface area contributed by atoms with Gasteiger partial charge >= 0.3 is 13.3 Å². The highest BCUT2D eigenvalue weighted by atomic mass is 31.2. The van der Waals surface area contributed by atoms with Gasteiger partial charge in [0.2, 0.25) is 5.79 Å². The average Bonchev–Trinajstić information content (AvgIpc) is 3.09. The second-order valence-electron chi connectivity index (χ2n) is 13.4. The van der Waals surface area contributed by atoms with E-state index in [0.29, 0.717) is 6.61 Å². The number of rotatable bonds is 27. The van der Waals surface area contributed by atoms with Gasteiger partial charge in [0.05, 0.1) is 30.6 Å². The molecule has 1 fully saturated rings. The van der Waals surface area contributed by atoms with E-state index in [0.717, 1.165) is 37.4 Å². The van der Waals surface area contributed by atoms with Gasteiger partial charge in [0.25, 0.3) is 6.03 Å². The predicted octanol–water partition coefficient (Wildman–Crippen LogP) is 2.91. The minimum atomic E-state index is -4.72. The molecule has 2 heterocycles. The molecule has 2 rings (SSSR count). The van der Waals surface area contributed by atoms with Crippen molar-refractivity contribution in [2.45, 2.75) is 165 Å². The van der Waals surface area contributed by atoms with Gasteiger partial charge in [-0.2, -0.15) is 4.98 Å². The maximum atomic E-state index is 13.3. The quantitative estimate of drug-likeness (QED) is 0.0365. The largest absolute Gasteiger partial charge is 0.394 e. The zero-order valence-electron chi connectivity index (χ0n) is 30.6. The number of unbranched alkanes of at least 4 members (excludes halogenated alkanes) is 13. The molecule has 51 heavy (non-hydrogen) atoms. The Hall–Kier alpha value is -1.53. The third-order valence-electron chi connectivity index (χ3n) is 9.33. The zero-order valence-corrected chi connectivity index (χ0v) is 31.5. The summed E-state index contributed by atoms with van der Waals surface area (Å²) in [5.74, 6) is -3.23. The van der Waals surface area contributed by atoms with Crippen molar-refractivity contribution in [3.63, 3.8) is 0 Å². The Labute approximate surface area is 301 Å². The smallest absolute Gasteiger partial charge is 0.381 e. The van der Waals surface area contributed by atoms with Gasteiger partial charge in [0.1, 0.15) is 30.2 Å². The van der Waals surface area contributed by atoms with Crippen LogP contribution in [0.2, 0.25) is 0 Å². The number of anilines is 1. The minimum Gasteiger partial charge on any atom is -0.394 e. The number of methoxy groups -OCH3 is 1. The highest BCUT2D eigenvalue weighted by molar-refractivity contribution is 7.52. The molecule has 1 aromatic heterocycles. The van der Waals surface area contributed by atoms with Crippen LogP contribution >= 0.6 is 7.60 Å². The fourth-order valence-electron chi connectivity index (χ4n) is 6.39. The molecule has 17 heteroatoms. The van der Waals surface area contributed by atoms with Gasteiger partial charge in [0.15, 0.2) is 0 Å². The Bertz CT molecular complexity index is 1230. The Morgan fingerprint density at radius 3 is 1.90 bits per heavy atom. The molecule has 16 nitrogen and oxygen atoms in total. The molecule has 2 unspecified atom stereocenters. The summed E-state index contributed by atoms with van der Waals surface area (Å²) in [4.78, 5) is 36.1. The zero-order chi connectivity index (χ0) is 38.0. The van der Waals surface area contributed by atoms with Crippen molar-refractivity contribution in [1.82, 2.24) is 9.55 Å². The Kier molecular flexibility index (Phi) is 20.8. The summed E-state index contributed by atoms with van der Waals surface area (Å²) in [5.41, 5.74) is 5.10. The summed E-state index contributed by atoms with van der Waals surface area (Å²) in [5, 5.41) is 53.6. The third-order valence-corrected chi connectivity index (χ3v) is 10.2. The summed E-state index contributed by atoms with van der Waals surface area (Å²) in [7, 11) is -3.66. The number of aliphatic hydroxyl groups is 5. The molecule has 0 radical (unpaired) electrons. The molecular formula is C34H64N3O13P. The van der Waals surface area contributed by atoms with Gasteiger partial charge in [-0.3, -0.25) is 9.13 Å². The number of hydrogen-bond acceptors (Lipinski definition) is 13. The van der Waals surface area contributed by atoms with Crippen LogP contribution in [0.4, 0.5) is 5.82 Å². The van der Waals surface area contributed by atoms with Crippen molar-refractivity contribution in [2.24, 2.45) is 0 Å². The van der Waals surface area contributed by atoms with E-state index in [2.05, 4.69) is 16.6 Å². The lowest BCUT2D eigenvalue weighted by Crippen LogP contribution is -2.64. The first-order valence-corrected chi connectivity index (χ1v) is 20.2. The molecule has 1 saturated heterocycles. The van der Waals surface area contributed by atoms with Gasteiger partial charge in [-0.25, -0.2) is 4.79 Å². The number of nitrogens with two attached hydrogens (primary N) is 1. The van der Waals surface area contributed by atoms with Crippen molar-refractivity contribution in [3.8, 4) is 0 Å². The molecule has 9 N–H and O–H groups in total. The van der Waals surface area contributed by atoms with Crippen LogP contribution in [0.3, 0.4) is 0 Å². The number of aliphatic hydroxyl groups excluding tert-OH is 4. The molecular weight excluding hydrogens is 689 g/mol. The van der Waals surface area contributed by atoms with Gasteiger partial charge in [-0.1, -0.05) is 97.3 Å². The minimum absolute atomic E-state index is 0.0142. The molecule has 1 aliphatic heterocycles. The van der Waals surface area contributed by atoms with E-state index in [-0.39, 0.29) is 37.3 Å². The van der Waals surface area contributed by atoms with Gasteiger partial charge in [0, 0.05) is 20.3 Å². The maximum Gasteiger partial charge on any atom is 0.381 e. The lowest BCUT2D eigenvalue weighted by molar-refractivity contribution is -0.358. The summed E-state index contributed by atoms with van der Waals surface area (Å²) in [6, 6.07) is -1.82. The van der Waals surface area contributed by atoms with Crippen LogP contribution in [0, 0.1) is 0 Å². The highest BCUT2D eigenvalue weighted by Crippen LogP contribution is 2.43. The average molecular weight is 754 g/mol. The van der Waals surface area contributed by atoms with E-state index in [1.165, 1.54) is 64.2 Å². The fraction of sp³-hybridized carbons (Fsp3) is 0.882. The van der Waals surface area contributed by atoms with Crippen molar-refractivity contribution < 1.29 is 58.8 Å². The van der Waals surface area contributed by atoms with E-state index >= 15 is 0 Å². The summed E-state index contributed by atoms with van der Waals surface area (Å²) >= 11 is 0. The van der Waals surface area contributed by atoms with Gasteiger partial charge in [-0.15, -0.1) is 0 Å². The third kappa shape index (κ3) is 13.7. The molecule has 1 aliphatic rings. The normalized spacial score (nSPS) is 23.8. The molecule has 0 spiro atoms. The molecule has 7 atom stereocenters. The number of aromatic nitrogens is 2. The van der Waals surface area contributed by atoms with Gasteiger partial charge < -0.3 is 60.0 Å². The lowest BCUT2D eigenvalue weighted by Gasteiger charge is -2.46. The van der Waals surface area contributed by atoms with Crippen LogP contribution in [0.1, 0.15) is 134 Å². The van der Waals surface area contributed by atoms with Crippen molar-refractivity contribution >= 4 is 13.4 Å². The lowest BCUT2D eigenvalue weighted by atomic mass is 9.86. The molecule has 0 aromatic carbocycles. The standard InChI is InChI=1S/C34H64N3O13P/c1-4-6-7-8-9-10-11-12-13-14-15-16-17-18-21-48-24(5-2)27-26(34(43)30(41)29(40)28(39)25(23-38)50-34)31(35)37(32(42)36-27)20-19-22-49-33(47-3)51(44,45)46/h24-25,28-30,33,38-41,43H,4-23,35H2,1-3H3,(H2,44,45,46)/t24?,25-,28+,29+,30-,33?,34-/m1/s1. The van der Waals surface area contributed by atoms with Crippen LogP contribution in [0.5, 0.6) is 0 Å². The Morgan fingerprint density at radius 1 is 0.882 bits per heavy atom. The SMILES string of the molecule is CCCCCCCCCCCCCCCCOC(CC)c1nc(=O)n(CCCOC(OC)P(=O)(O)O)c(N)c1[C@@]1(O)O[C@H](CO)[C@H](O)[C@H](O)[C@H]1O. The number of nitrogens with zero attached hydrogens (tertiary/aromatic N) is 2. The van der Waals surface area contributed by atoms with E-state index in [4.69, 9.17) is 19.9 Å². The predicted molar refractivity (Wildman–Crippen MR) is 189 cm³/mol. The first-order chi connectivity index (χ1) is 24.3. The second-order valence-corrected chi connectivity index (χ2v) is 15.0. The maximum absolute atomic E-state index is 13.3. The Morgan fingerprint density at radius 2 is 1.41 bits per heavy atom. The molecule has 298 valence electrons. The van der Waals surface area contributed by atoms with Crippen LogP contribution in [-0.2, 0) is 35.8 Å². The van der Waals surface area contributed by atoms with E-state index in [9.17, 15) is 44.7 Å². The number of nitrogen functional groups attached to an aromatic ring is 1. The fourth-order valence-corrected chi connectivity index (χ4v) is 6.96. The first-order valence-electron chi connectivity index (χ1n) is 18.5. The molecule has 0 aliphatic carbocycles. The molecule has 1 aromatic rings. The molecule has 0 saturated carbocycles. The monoisotopic (exact) mass is 753 g/mol. The first kappa shape index (κ1) is 45.6. The van der Waals surface area contributed by atoms with Crippen LogP contribution in [0.25, 0.3) is 0 Å². The summed E-state index contributed by atoms with van der Waals surface area (Å²) < 4.78 is 33.9. The summed E-state index contributed by atoms with van der Waals surface area (Å²) in [6.45, 7) is 2.99. The van der Waals surface area contributed by atoms with Gasteiger partial charge in [-0.05, 0) is 19.3 Å². The highest BCUT2D eigenvalue weighted by Gasteiger charge is 2.56. The van der Waals surface area contributed by atoms with Crippen molar-refractivity contribution in [3.05, 3.63) is 21.7 Å². The van der Waals surface area contributed by atoms with Crippen LogP contribution < -0.4 is 11.4 Å². The summed E-state index contributed by atoms with van der Waals surface area (Å²) in [6.07, 6.45) is 8.69. The topological polar surface area (TPSA) is 257 Å². The van der Waals surface area contributed by atoms with E-state index < -0.39 is 68.0 Å². The number of ether oxygens (including phenoxy) is 4. The van der Waals surface area contributed by atoms with Crippen molar-refractivity contribution in [1.29, 1.82) is 0 Å². The van der Waals surface area contributed by atoms with E-state index in [1.54, 1.807) is 6.92 Å². The number of hydrogen-bond donors (Lipinski definition) is 8. The Balaban J connectivity index is 2.13. The molecule has 0 amide bonds. The molecule has 0 bridgehead atoms. The second kappa shape index (κ2) is 23.3. The van der Waals surface area contributed by atoms with Crippen LogP contribution in [0.15, 0.2) is 4.79 Å². The van der Waals surface area contributed by atoms with E-state index in [1.807, 2.05) is 0 Å². The van der Waals surface area contributed by atoms with Crippen LogP contribution in [-0.4, -0.2) is 102 Å².